The number of hydrogen-bond acceptors (Lipinski definition) is 6. The molecule has 2 heterocycles. The normalized spacial score (nSPS) is 19.0. The van der Waals surface area contributed by atoms with E-state index in [1.54, 1.807) is 45.4 Å². The molecule has 2 atom stereocenters. The van der Waals surface area contributed by atoms with Crippen LogP contribution in [0.4, 0.5) is 0 Å². The minimum Gasteiger partial charge on any atom is -0.493 e. The van der Waals surface area contributed by atoms with Crippen LogP contribution in [0.15, 0.2) is 60.7 Å². The van der Waals surface area contributed by atoms with Crippen molar-refractivity contribution < 1.29 is 28.5 Å². The van der Waals surface area contributed by atoms with E-state index in [4.69, 9.17) is 18.9 Å². The Morgan fingerprint density at radius 3 is 2.05 bits per heavy atom. The van der Waals surface area contributed by atoms with Crippen LogP contribution in [0.2, 0.25) is 0 Å². The molecule has 8 heteroatoms. The summed E-state index contributed by atoms with van der Waals surface area (Å²) >= 11 is 0. The topological polar surface area (TPSA) is 77.5 Å². The van der Waals surface area contributed by atoms with Gasteiger partial charge in [0.2, 0.25) is 5.91 Å². The maximum atomic E-state index is 14.5. The molecular weight excluding hydrogens is 520 g/mol. The van der Waals surface area contributed by atoms with Crippen LogP contribution in [0.25, 0.3) is 0 Å². The number of carbonyl (C=O) groups excluding carboxylic acids is 2. The molecule has 3 aromatic rings. The number of likely N-dealkylation sites (N-methyl/N-ethyl adjacent to an activating group) is 1. The first kappa shape index (κ1) is 28.3. The lowest BCUT2D eigenvalue weighted by atomic mass is 9.78. The SMILES string of the molecule is COc1ccc([C@H]2[C@@H](C(=O)N3CCC(Cc4ccccc4)CC3)c3cc(OC)c(OC)cc3C(=O)N2C)cc1OC. The van der Waals surface area contributed by atoms with Crippen LogP contribution in [0, 0.1) is 5.92 Å². The maximum Gasteiger partial charge on any atom is 0.254 e. The van der Waals surface area contributed by atoms with Gasteiger partial charge in [0.15, 0.2) is 23.0 Å². The van der Waals surface area contributed by atoms with Crippen LogP contribution in [-0.2, 0) is 11.2 Å². The second-order valence-electron chi connectivity index (χ2n) is 10.7. The first-order valence-electron chi connectivity index (χ1n) is 14.0. The number of nitrogens with zero attached hydrogens (tertiary/aromatic N) is 2. The molecule has 2 amide bonds. The molecule has 0 aromatic heterocycles. The Kier molecular flexibility index (Phi) is 8.38. The zero-order valence-corrected chi connectivity index (χ0v) is 24.4. The lowest BCUT2D eigenvalue weighted by Gasteiger charge is -2.43. The molecule has 0 radical (unpaired) electrons. The summed E-state index contributed by atoms with van der Waals surface area (Å²) in [5.74, 6) is 1.74. The van der Waals surface area contributed by atoms with E-state index in [9.17, 15) is 9.59 Å². The number of piperidine rings is 1. The Balaban J connectivity index is 1.52. The van der Waals surface area contributed by atoms with E-state index in [1.807, 2.05) is 29.2 Å². The van der Waals surface area contributed by atoms with Gasteiger partial charge in [-0.3, -0.25) is 9.59 Å². The van der Waals surface area contributed by atoms with Gasteiger partial charge in [-0.05, 0) is 66.1 Å². The lowest BCUT2D eigenvalue weighted by Crippen LogP contribution is -2.48. The summed E-state index contributed by atoms with van der Waals surface area (Å²) in [6, 6.07) is 19.0. The highest BCUT2D eigenvalue weighted by atomic mass is 16.5. The third kappa shape index (κ3) is 5.43. The molecule has 0 aliphatic carbocycles. The van der Waals surface area contributed by atoms with Crippen LogP contribution in [0.5, 0.6) is 23.0 Å². The summed E-state index contributed by atoms with van der Waals surface area (Å²) in [4.78, 5) is 31.9. The monoisotopic (exact) mass is 558 g/mol. The zero-order chi connectivity index (χ0) is 29.1. The van der Waals surface area contributed by atoms with Crippen LogP contribution in [0.3, 0.4) is 0 Å². The van der Waals surface area contributed by atoms with E-state index in [1.165, 1.54) is 12.7 Å². The van der Waals surface area contributed by atoms with Crippen LogP contribution in [-0.4, -0.2) is 70.2 Å². The van der Waals surface area contributed by atoms with Gasteiger partial charge < -0.3 is 28.7 Å². The number of rotatable bonds is 8. The molecular formula is C33H38N2O6. The molecule has 2 aliphatic heterocycles. The Hall–Kier alpha value is -4.20. The minimum absolute atomic E-state index is 0.00392. The van der Waals surface area contributed by atoms with Crippen molar-refractivity contribution in [2.75, 3.05) is 48.6 Å². The van der Waals surface area contributed by atoms with Gasteiger partial charge in [0.25, 0.3) is 5.91 Å². The number of fused-ring (bicyclic) bond motifs is 1. The average Bonchev–Trinajstić information content (AvgIpc) is 3.02. The van der Waals surface area contributed by atoms with E-state index >= 15 is 0 Å². The summed E-state index contributed by atoms with van der Waals surface area (Å²) in [7, 11) is 8.00. The van der Waals surface area contributed by atoms with Gasteiger partial charge >= 0.3 is 0 Å². The molecule has 3 aromatic carbocycles. The average molecular weight is 559 g/mol. The third-order valence-electron chi connectivity index (χ3n) is 8.48. The first-order valence-corrected chi connectivity index (χ1v) is 14.0. The fourth-order valence-corrected chi connectivity index (χ4v) is 6.27. The van der Waals surface area contributed by atoms with Crippen molar-refractivity contribution in [2.24, 2.45) is 5.92 Å². The minimum atomic E-state index is -0.642. The van der Waals surface area contributed by atoms with Gasteiger partial charge in [-0.15, -0.1) is 0 Å². The molecule has 0 spiro atoms. The molecule has 216 valence electrons. The van der Waals surface area contributed by atoms with E-state index in [0.29, 0.717) is 53.1 Å². The van der Waals surface area contributed by atoms with Crippen molar-refractivity contribution in [1.82, 2.24) is 9.80 Å². The maximum absolute atomic E-state index is 14.5. The molecule has 41 heavy (non-hydrogen) atoms. The highest BCUT2D eigenvalue weighted by molar-refractivity contribution is 6.02. The second-order valence-corrected chi connectivity index (χ2v) is 10.7. The zero-order valence-electron chi connectivity index (χ0n) is 24.4. The van der Waals surface area contributed by atoms with Gasteiger partial charge in [-0.1, -0.05) is 36.4 Å². The van der Waals surface area contributed by atoms with Crippen LogP contribution < -0.4 is 18.9 Å². The second kappa shape index (κ2) is 12.1. The molecule has 0 saturated carbocycles. The van der Waals surface area contributed by atoms with E-state index < -0.39 is 12.0 Å². The Morgan fingerprint density at radius 2 is 1.41 bits per heavy atom. The van der Waals surface area contributed by atoms with Crippen LogP contribution >= 0.6 is 0 Å². The fraction of sp³-hybridized carbons (Fsp3) is 0.394. The third-order valence-corrected chi connectivity index (χ3v) is 8.48. The standard InChI is InChI=1S/C33H38N2O6/c1-34-31(23-11-12-26(38-2)27(18-23)39-3)30(24-19-28(40-4)29(41-5)20-25(24)32(34)36)33(37)35-15-13-22(14-16-35)17-21-9-7-6-8-10-21/h6-12,18-20,22,30-31H,13-17H2,1-5H3/t30-,31-/m0/s1. The van der Waals surface area contributed by atoms with Crippen molar-refractivity contribution in [1.29, 1.82) is 0 Å². The van der Waals surface area contributed by atoms with Crippen molar-refractivity contribution in [2.45, 2.75) is 31.2 Å². The fourth-order valence-electron chi connectivity index (χ4n) is 6.27. The molecule has 2 aliphatic rings. The summed E-state index contributed by atoms with van der Waals surface area (Å²) in [6.07, 6.45) is 2.88. The molecule has 5 rings (SSSR count). The highest BCUT2D eigenvalue weighted by Crippen LogP contribution is 2.47. The number of methoxy groups -OCH3 is 4. The molecule has 1 saturated heterocycles. The molecule has 8 nitrogen and oxygen atoms in total. The van der Waals surface area contributed by atoms with Crippen molar-refractivity contribution in [3.05, 3.63) is 82.9 Å². The van der Waals surface area contributed by atoms with E-state index in [2.05, 4.69) is 24.3 Å². The van der Waals surface area contributed by atoms with Crippen molar-refractivity contribution >= 4 is 11.8 Å². The van der Waals surface area contributed by atoms with E-state index in [-0.39, 0.29) is 11.8 Å². The number of ether oxygens (including phenoxy) is 4. The summed E-state index contributed by atoms with van der Waals surface area (Å²) in [6.45, 7) is 1.34. The predicted molar refractivity (Wildman–Crippen MR) is 156 cm³/mol. The molecule has 1 fully saturated rings. The number of likely N-dealkylation sites (tertiary alicyclic amines) is 1. The number of benzene rings is 3. The number of hydrogen-bond donors (Lipinski definition) is 0. The molecule has 0 unspecified atom stereocenters. The van der Waals surface area contributed by atoms with Gasteiger partial charge in [0, 0.05) is 25.7 Å². The predicted octanol–water partition coefficient (Wildman–Crippen LogP) is 5.11. The Bertz CT molecular complexity index is 1400. The van der Waals surface area contributed by atoms with Crippen molar-refractivity contribution in [3.8, 4) is 23.0 Å². The lowest BCUT2D eigenvalue weighted by molar-refractivity contribution is -0.136. The quantitative estimate of drug-likeness (QED) is 0.382. The van der Waals surface area contributed by atoms with Crippen molar-refractivity contribution in [3.63, 3.8) is 0 Å². The van der Waals surface area contributed by atoms with E-state index in [0.717, 1.165) is 24.8 Å². The first-order chi connectivity index (χ1) is 19.9. The number of amides is 2. The van der Waals surface area contributed by atoms with Gasteiger partial charge in [-0.2, -0.15) is 0 Å². The highest BCUT2D eigenvalue weighted by Gasteiger charge is 2.45. The largest absolute Gasteiger partial charge is 0.493 e. The van der Waals surface area contributed by atoms with Gasteiger partial charge in [0.05, 0.1) is 40.4 Å². The van der Waals surface area contributed by atoms with Gasteiger partial charge in [0.1, 0.15) is 0 Å². The molecule has 0 bridgehead atoms. The Labute approximate surface area is 241 Å². The number of carbonyl (C=O) groups is 2. The smallest absolute Gasteiger partial charge is 0.254 e. The van der Waals surface area contributed by atoms with Crippen LogP contribution in [0.1, 0.15) is 51.8 Å². The Morgan fingerprint density at radius 1 is 0.805 bits per heavy atom. The summed E-state index contributed by atoms with van der Waals surface area (Å²) in [5.41, 5.74) is 3.20. The summed E-state index contributed by atoms with van der Waals surface area (Å²) in [5, 5.41) is 0. The molecule has 0 N–H and O–H groups in total. The van der Waals surface area contributed by atoms with Gasteiger partial charge in [-0.25, -0.2) is 0 Å². The summed E-state index contributed by atoms with van der Waals surface area (Å²) < 4.78 is 22.1.